The Hall–Kier alpha value is -0.983. The maximum atomic E-state index is 8.74. The molecule has 0 aromatic rings. The largest absolute Gasteiger partial charge is 0.761 e. The first-order valence-electron chi connectivity index (χ1n) is 3.10. The van der Waals surface area contributed by atoms with Gasteiger partial charge in [-0.3, -0.25) is 4.46 Å². The first-order valence-corrected chi connectivity index (χ1v) is 4.40. The minimum atomic E-state index is -3.13. The summed E-state index contributed by atoms with van der Waals surface area (Å²) in [5, 5.41) is 0. The highest BCUT2D eigenvalue weighted by molar-refractivity contribution is 6.22. The van der Waals surface area contributed by atoms with E-state index in [1.165, 1.54) is 0 Å². The van der Waals surface area contributed by atoms with Crippen LogP contribution in [0.3, 0.4) is 0 Å². The molecule has 6 N–H and O–H groups in total. The Balaban J connectivity index is -0.000000101. The Bertz CT molecular complexity index is 107. The van der Waals surface area contributed by atoms with Crippen molar-refractivity contribution in [3.8, 4) is 0 Å². The van der Waals surface area contributed by atoms with Crippen molar-refractivity contribution in [3.63, 3.8) is 0 Å². The van der Waals surface area contributed by atoms with Gasteiger partial charge in [0.25, 0.3) is 0 Å². The fourth-order valence-corrected chi connectivity index (χ4v) is 0. The summed E-state index contributed by atoms with van der Waals surface area (Å²) in [4.78, 5) is 14.3. The number of hydrogen-bond donors (Lipinski definition) is 4. The van der Waals surface area contributed by atoms with Gasteiger partial charge in [0.05, 0.1) is 0 Å². The van der Waals surface area contributed by atoms with Crippen molar-refractivity contribution in [2.24, 2.45) is 11.5 Å². The molecule has 72 valence electrons. The Labute approximate surface area is 73.9 Å². The Kier molecular flexibility index (Phi) is 32.2. The maximum absolute atomic E-state index is 8.74. The average Bonchev–Trinajstić information content (AvgIpc) is 2.03. The van der Waals surface area contributed by atoms with E-state index in [-0.39, 0.29) is 0 Å². The zero-order valence-corrected chi connectivity index (χ0v) is 7.94. The van der Waals surface area contributed by atoms with Crippen molar-refractivity contribution in [2.45, 2.75) is 0 Å². The van der Waals surface area contributed by atoms with E-state index in [0.29, 0.717) is 13.1 Å². The first kappa shape index (κ1) is 17.2. The van der Waals surface area contributed by atoms with Crippen molar-refractivity contribution in [1.82, 2.24) is 0 Å². The van der Waals surface area contributed by atoms with Crippen LogP contribution in [0.25, 0.3) is 0 Å². The van der Waals surface area contributed by atoms with Gasteiger partial charge in [-0.1, -0.05) is 12.2 Å². The van der Waals surface area contributed by atoms with Gasteiger partial charge < -0.3 is 21.1 Å². The summed E-state index contributed by atoms with van der Waals surface area (Å²) in [5.41, 5.74) is 9.82. The van der Waals surface area contributed by atoms with Gasteiger partial charge in [0, 0.05) is 13.1 Å². The SMILES string of the molecule is C=CCN.C=CCN.O=[Si](O)O. The fourth-order valence-electron chi connectivity index (χ4n) is 0. The van der Waals surface area contributed by atoms with E-state index in [9.17, 15) is 0 Å². The molecular formula is C6H16N2O3Si. The van der Waals surface area contributed by atoms with E-state index < -0.39 is 9.17 Å². The van der Waals surface area contributed by atoms with E-state index in [4.69, 9.17) is 25.5 Å². The lowest BCUT2D eigenvalue weighted by Crippen LogP contribution is -1.90. The lowest BCUT2D eigenvalue weighted by Gasteiger charge is -1.61. The molecule has 6 heteroatoms. The summed E-state index contributed by atoms with van der Waals surface area (Å²) in [6.07, 6.45) is 3.31. The highest BCUT2D eigenvalue weighted by atomic mass is 28.3. The lowest BCUT2D eigenvalue weighted by atomic mass is 10.7. The summed E-state index contributed by atoms with van der Waals surface area (Å²) >= 11 is 0. The highest BCUT2D eigenvalue weighted by Gasteiger charge is 1.85. The van der Waals surface area contributed by atoms with Crippen molar-refractivity contribution >= 4 is 9.17 Å². The predicted octanol–water partition coefficient (Wildman–Crippen LogP) is -1.35. The van der Waals surface area contributed by atoms with Gasteiger partial charge in [-0.25, -0.2) is 0 Å². The molecule has 5 nitrogen and oxygen atoms in total. The molecule has 0 bridgehead atoms. The molecule has 12 heavy (non-hydrogen) atoms. The summed E-state index contributed by atoms with van der Waals surface area (Å²) in [7, 11) is -3.13. The normalized spacial score (nSPS) is 6.17. The molecule has 0 saturated heterocycles. The molecule has 0 saturated carbocycles. The monoisotopic (exact) mass is 192 g/mol. The van der Waals surface area contributed by atoms with Crippen LogP contribution < -0.4 is 11.5 Å². The smallest absolute Gasteiger partial charge is 0.511 e. The molecule has 0 aromatic carbocycles. The average molecular weight is 192 g/mol. The van der Waals surface area contributed by atoms with Crippen LogP contribution in [0.2, 0.25) is 0 Å². The van der Waals surface area contributed by atoms with Gasteiger partial charge in [0.2, 0.25) is 0 Å². The van der Waals surface area contributed by atoms with Gasteiger partial charge in [-0.15, -0.1) is 13.2 Å². The van der Waals surface area contributed by atoms with Crippen LogP contribution in [0.15, 0.2) is 25.3 Å². The number of hydrogen-bond acceptors (Lipinski definition) is 3. The molecular weight excluding hydrogens is 176 g/mol. The van der Waals surface area contributed by atoms with Gasteiger partial charge in [0.15, 0.2) is 0 Å². The molecule has 0 unspecified atom stereocenters. The molecule has 0 amide bonds. The second-order valence-electron chi connectivity index (χ2n) is 1.33. The van der Waals surface area contributed by atoms with Gasteiger partial charge >= 0.3 is 9.17 Å². The Morgan fingerprint density at radius 1 is 1.17 bits per heavy atom. The van der Waals surface area contributed by atoms with E-state index in [0.717, 1.165) is 0 Å². The van der Waals surface area contributed by atoms with Crippen LogP contribution in [-0.2, 0) is 4.46 Å². The lowest BCUT2D eigenvalue weighted by molar-refractivity contribution is 0.330. The fraction of sp³-hybridized carbons (Fsp3) is 0.333. The summed E-state index contributed by atoms with van der Waals surface area (Å²) in [5.74, 6) is 0. The molecule has 0 fully saturated rings. The van der Waals surface area contributed by atoms with Crippen molar-refractivity contribution in [3.05, 3.63) is 25.3 Å². The molecule has 0 aliphatic rings. The molecule has 0 radical (unpaired) electrons. The van der Waals surface area contributed by atoms with E-state index in [2.05, 4.69) is 13.2 Å². The quantitative estimate of drug-likeness (QED) is 0.319. The summed E-state index contributed by atoms with van der Waals surface area (Å²) < 4.78 is 8.74. The molecule has 0 aliphatic carbocycles. The van der Waals surface area contributed by atoms with Crippen LogP contribution in [0.5, 0.6) is 0 Å². The molecule has 0 rings (SSSR count). The van der Waals surface area contributed by atoms with Gasteiger partial charge in [-0.2, -0.15) is 0 Å². The summed E-state index contributed by atoms with van der Waals surface area (Å²) in [6, 6.07) is 0. The van der Waals surface area contributed by atoms with Gasteiger partial charge in [0.1, 0.15) is 0 Å². The van der Waals surface area contributed by atoms with Crippen molar-refractivity contribution in [1.29, 1.82) is 0 Å². The zero-order chi connectivity index (χ0) is 10.4. The van der Waals surface area contributed by atoms with Crippen LogP contribution in [0, 0.1) is 0 Å². The van der Waals surface area contributed by atoms with E-state index in [1.807, 2.05) is 0 Å². The second kappa shape index (κ2) is 22.5. The minimum absolute atomic E-state index is 0.583. The van der Waals surface area contributed by atoms with E-state index in [1.54, 1.807) is 12.2 Å². The predicted molar refractivity (Wildman–Crippen MR) is 49.4 cm³/mol. The second-order valence-corrected chi connectivity index (χ2v) is 1.90. The molecule has 0 spiro atoms. The van der Waals surface area contributed by atoms with Crippen LogP contribution >= 0.6 is 0 Å². The van der Waals surface area contributed by atoms with Crippen LogP contribution in [0.1, 0.15) is 0 Å². The van der Waals surface area contributed by atoms with E-state index >= 15 is 0 Å². The standard InChI is InChI=1S/2C3H7N.H2O3Si/c2*1-2-3-4;1-4(2)3/h2*2H,1,3-4H2;1-2H. The van der Waals surface area contributed by atoms with Crippen LogP contribution in [0.4, 0.5) is 0 Å². The Morgan fingerprint density at radius 2 is 1.25 bits per heavy atom. The van der Waals surface area contributed by atoms with Crippen molar-refractivity contribution in [2.75, 3.05) is 13.1 Å². The Morgan fingerprint density at radius 3 is 1.25 bits per heavy atom. The maximum Gasteiger partial charge on any atom is 0.761 e. The van der Waals surface area contributed by atoms with Crippen molar-refractivity contribution < 1.29 is 14.1 Å². The number of rotatable bonds is 2. The highest BCUT2D eigenvalue weighted by Crippen LogP contribution is 1.40. The third-order valence-electron chi connectivity index (χ3n) is 0.333. The molecule has 0 atom stereocenters. The van der Waals surface area contributed by atoms with Crippen LogP contribution in [-0.4, -0.2) is 31.9 Å². The molecule has 0 heterocycles. The summed E-state index contributed by atoms with van der Waals surface area (Å²) in [6.45, 7) is 7.87. The minimum Gasteiger partial charge on any atom is -0.511 e. The third-order valence-corrected chi connectivity index (χ3v) is 0.333. The third kappa shape index (κ3) is 560. The molecule has 0 aliphatic heterocycles. The molecule has 0 aromatic heterocycles. The number of nitrogens with two attached hydrogens (primary N) is 2. The van der Waals surface area contributed by atoms with Gasteiger partial charge in [-0.05, 0) is 0 Å². The topological polar surface area (TPSA) is 110 Å². The zero-order valence-electron chi connectivity index (χ0n) is 6.94. The first-order chi connectivity index (χ1) is 5.56.